The van der Waals surface area contributed by atoms with E-state index in [-0.39, 0.29) is 0 Å². The van der Waals surface area contributed by atoms with E-state index in [1.54, 1.807) is 231 Å². The largest absolute Gasteiger partial charge is 0.294 e. The third-order valence-electron chi connectivity index (χ3n) is 29.6. The highest BCUT2D eigenvalue weighted by Gasteiger charge is 2.59. The number of rotatable bonds is 12. The van der Waals surface area contributed by atoms with Crippen LogP contribution in [0.5, 0.6) is 0 Å². The van der Waals surface area contributed by atoms with Crippen LogP contribution < -0.4 is 0 Å². The Hall–Kier alpha value is -0.0800. The van der Waals surface area contributed by atoms with Crippen LogP contribution in [-0.2, 0) is 0 Å². The third-order valence-corrected chi connectivity index (χ3v) is 29.6. The van der Waals surface area contributed by atoms with Crippen molar-refractivity contribution in [3.63, 3.8) is 0 Å². The summed E-state index contributed by atoms with van der Waals surface area (Å²) >= 11 is 0. The van der Waals surface area contributed by atoms with Crippen LogP contribution in [0.4, 0.5) is 0 Å². The molecule has 13 fully saturated rings. The number of hydrogen-bond acceptors (Lipinski definition) is 2. The number of fused-ring (bicyclic) bond motifs is 3. The highest BCUT2D eigenvalue weighted by molar-refractivity contribution is 5.10. The summed E-state index contributed by atoms with van der Waals surface area (Å²) in [6.45, 7) is 5.78. The fraction of sp³-hybridized carbons (Fsp3) is 1.00. The van der Waals surface area contributed by atoms with Gasteiger partial charge in [0.15, 0.2) is 0 Å². The van der Waals surface area contributed by atoms with Crippen molar-refractivity contribution in [2.45, 2.75) is 371 Å². The fourth-order valence-corrected chi connectivity index (χ4v) is 25.8. The van der Waals surface area contributed by atoms with Gasteiger partial charge in [-0.1, -0.05) is 181 Å². The van der Waals surface area contributed by atoms with Crippen molar-refractivity contribution in [3.05, 3.63) is 0 Å². The van der Waals surface area contributed by atoms with Crippen LogP contribution in [-0.4, -0.2) is 46.1 Å². The molecular weight excluding hydrogens is 929 g/mol. The van der Waals surface area contributed by atoms with Crippen LogP contribution in [0.2, 0.25) is 0 Å². The van der Waals surface area contributed by atoms with Gasteiger partial charge in [-0.15, -0.1) is 0 Å². The molecule has 13 saturated carbocycles. The molecule has 0 N–H and O–H groups in total. The lowest BCUT2D eigenvalue weighted by atomic mass is 9.59. The standard InChI is InChI=1S/C75H128N2/c1-75(2)73-51-69(76(65-29-17-7-18-30-65)67-37-33-57(34-38-67)63-47-59(53-21-9-3-10-22-53)45-60(48-63)54-23-11-4-12-24-54)41-43-71(73)72-44-42-70(52-74(72)75)77(66-31-19-8-20-32-66)68-39-35-58(36-40-68)64-49-61(55-25-13-5-14-26-55)46-62(50-64)56-27-15-6-16-28-56/h53-74H,3-52H2,1-2H3. The third kappa shape index (κ3) is 12.5. The first-order valence-corrected chi connectivity index (χ1v) is 37.5. The van der Waals surface area contributed by atoms with Gasteiger partial charge in [-0.05, 0) is 254 Å². The van der Waals surface area contributed by atoms with Crippen LogP contribution in [0.1, 0.15) is 335 Å². The van der Waals surface area contributed by atoms with Crippen molar-refractivity contribution in [1.29, 1.82) is 0 Å². The highest BCUT2D eigenvalue weighted by Crippen LogP contribution is 2.65. The maximum absolute atomic E-state index is 3.42. The minimum Gasteiger partial charge on any atom is -0.294 e. The average molecular weight is 1060 g/mol. The molecule has 0 amide bonds. The molecule has 77 heavy (non-hydrogen) atoms. The molecule has 0 aromatic carbocycles. The van der Waals surface area contributed by atoms with Crippen molar-refractivity contribution >= 4 is 0 Å². The van der Waals surface area contributed by atoms with Gasteiger partial charge < -0.3 is 0 Å². The van der Waals surface area contributed by atoms with Gasteiger partial charge in [0.05, 0.1) is 0 Å². The summed E-state index contributed by atoms with van der Waals surface area (Å²) in [5, 5.41) is 0. The topological polar surface area (TPSA) is 6.48 Å². The van der Waals surface area contributed by atoms with Gasteiger partial charge in [0.1, 0.15) is 0 Å². The normalized spacial score (nSPS) is 44.3. The Kier molecular flexibility index (Phi) is 19.0. The van der Waals surface area contributed by atoms with Crippen molar-refractivity contribution in [1.82, 2.24) is 9.80 Å². The lowest BCUT2D eigenvalue weighted by Crippen LogP contribution is -2.54. The summed E-state index contributed by atoms with van der Waals surface area (Å²) in [4.78, 5) is 6.84. The summed E-state index contributed by atoms with van der Waals surface area (Å²) < 4.78 is 0. The first-order chi connectivity index (χ1) is 37.9. The lowest BCUT2D eigenvalue weighted by molar-refractivity contribution is -0.0264. The Labute approximate surface area is 478 Å². The summed E-state index contributed by atoms with van der Waals surface area (Å²) in [6, 6.07) is 5.36. The summed E-state index contributed by atoms with van der Waals surface area (Å²) in [7, 11) is 0. The molecule has 13 rings (SSSR count). The van der Waals surface area contributed by atoms with Gasteiger partial charge in [-0.2, -0.15) is 0 Å². The first kappa shape index (κ1) is 56.1. The Morgan fingerprint density at radius 1 is 0.195 bits per heavy atom. The maximum atomic E-state index is 3.42. The quantitative estimate of drug-likeness (QED) is 0.192. The first-order valence-electron chi connectivity index (χ1n) is 37.5. The predicted molar refractivity (Wildman–Crippen MR) is 327 cm³/mol. The van der Waals surface area contributed by atoms with Crippen LogP contribution >= 0.6 is 0 Å². The van der Waals surface area contributed by atoms with Crippen LogP contribution in [0.15, 0.2) is 0 Å². The predicted octanol–water partition coefficient (Wildman–Crippen LogP) is 21.4. The van der Waals surface area contributed by atoms with E-state index in [1.165, 1.54) is 89.9 Å². The van der Waals surface area contributed by atoms with Crippen molar-refractivity contribution < 1.29 is 0 Å². The van der Waals surface area contributed by atoms with Crippen molar-refractivity contribution in [3.8, 4) is 0 Å². The molecule has 0 radical (unpaired) electrons. The minimum atomic E-state index is 0.508. The monoisotopic (exact) mass is 1060 g/mol. The summed E-state index contributed by atoms with van der Waals surface area (Å²) in [6.07, 6.45) is 78.2. The molecule has 0 spiro atoms. The Balaban J connectivity index is 0.665. The molecule has 13 aliphatic rings. The zero-order valence-electron chi connectivity index (χ0n) is 51.5. The van der Waals surface area contributed by atoms with Gasteiger partial charge in [0.2, 0.25) is 0 Å². The molecule has 0 aromatic rings. The van der Waals surface area contributed by atoms with Gasteiger partial charge in [-0.25, -0.2) is 0 Å². The van der Waals surface area contributed by atoms with Gasteiger partial charge in [-0.3, -0.25) is 9.80 Å². The molecule has 10 atom stereocenters. The second-order valence-electron chi connectivity index (χ2n) is 33.5. The number of nitrogens with zero attached hydrogens (tertiary/aromatic N) is 2. The van der Waals surface area contributed by atoms with E-state index in [2.05, 4.69) is 23.6 Å². The zero-order chi connectivity index (χ0) is 51.7. The average Bonchev–Trinajstić information content (AvgIpc) is 3.90. The molecule has 10 unspecified atom stereocenters. The Morgan fingerprint density at radius 3 is 0.688 bits per heavy atom. The summed E-state index contributed by atoms with van der Waals surface area (Å²) in [5.41, 5.74) is 0.508. The molecule has 0 saturated heterocycles. The van der Waals surface area contributed by atoms with Crippen molar-refractivity contribution in [2.24, 2.45) is 100 Å². The van der Waals surface area contributed by atoms with Crippen LogP contribution in [0.3, 0.4) is 0 Å². The molecule has 0 aromatic heterocycles. The van der Waals surface area contributed by atoms with E-state index in [0.29, 0.717) is 5.41 Å². The lowest BCUT2D eigenvalue weighted by Gasteiger charge is -2.52. The van der Waals surface area contributed by atoms with Gasteiger partial charge in [0, 0.05) is 36.3 Å². The van der Waals surface area contributed by atoms with E-state index in [0.717, 1.165) is 131 Å². The van der Waals surface area contributed by atoms with Gasteiger partial charge in [0.25, 0.3) is 0 Å². The SMILES string of the molecule is CC1(C)C2CC(N(C3CCCCC3)C3CCC(C4CC(C5CCCCC5)CC(C5CCCCC5)C4)CC3)CCC2C2CCC(N(C3CCCCC3)C3CCC(C4CC(C5CCCCC5)CC(C5CCCCC5)C4)CC3)CC21. The molecule has 0 bridgehead atoms. The molecular formula is C75H128N2. The zero-order valence-corrected chi connectivity index (χ0v) is 51.5. The maximum Gasteiger partial charge on any atom is 0.0104 e. The smallest absolute Gasteiger partial charge is 0.0104 e. The van der Waals surface area contributed by atoms with E-state index >= 15 is 0 Å². The van der Waals surface area contributed by atoms with Gasteiger partial charge >= 0.3 is 0 Å². The molecule has 0 aliphatic heterocycles. The summed E-state index contributed by atoms with van der Waals surface area (Å²) in [5.74, 6) is 16.9. The molecule has 2 nitrogen and oxygen atoms in total. The molecule has 438 valence electrons. The fourth-order valence-electron chi connectivity index (χ4n) is 25.8. The Bertz CT molecular complexity index is 1570. The van der Waals surface area contributed by atoms with E-state index < -0.39 is 0 Å². The Morgan fingerprint density at radius 2 is 0.416 bits per heavy atom. The second kappa shape index (κ2) is 26.0. The van der Waals surface area contributed by atoms with Crippen LogP contribution in [0, 0.1) is 100 Å². The highest BCUT2D eigenvalue weighted by atomic mass is 15.2. The van der Waals surface area contributed by atoms with Crippen molar-refractivity contribution in [2.75, 3.05) is 0 Å². The molecule has 2 heteroatoms. The van der Waals surface area contributed by atoms with E-state index in [1.807, 2.05) is 0 Å². The minimum absolute atomic E-state index is 0.508. The second-order valence-corrected chi connectivity index (χ2v) is 33.5. The molecule has 13 aliphatic carbocycles. The van der Waals surface area contributed by atoms with Crippen LogP contribution in [0.25, 0.3) is 0 Å². The molecule has 0 heterocycles. The van der Waals surface area contributed by atoms with E-state index in [9.17, 15) is 0 Å². The van der Waals surface area contributed by atoms with E-state index in [4.69, 9.17) is 0 Å². The number of hydrogen-bond donors (Lipinski definition) is 0.